The number of carbonyl (C=O) groups is 1. The molecule has 0 aliphatic carbocycles. The van der Waals surface area contributed by atoms with Crippen LogP contribution in [-0.4, -0.2) is 56.3 Å². The molecule has 1 aliphatic rings. The van der Waals surface area contributed by atoms with E-state index in [9.17, 15) is 13.2 Å². The second-order valence-electron chi connectivity index (χ2n) is 6.31. The van der Waals surface area contributed by atoms with Gasteiger partial charge in [0, 0.05) is 26.2 Å². The molecule has 2 aromatic rings. The molecule has 0 saturated carbocycles. The molecular weight excluding hydrogens is 370 g/mol. The highest BCUT2D eigenvalue weighted by molar-refractivity contribution is 7.91. The molecule has 1 amide bonds. The molecule has 0 unspecified atom stereocenters. The van der Waals surface area contributed by atoms with Gasteiger partial charge in [-0.25, -0.2) is 8.42 Å². The van der Waals surface area contributed by atoms with Gasteiger partial charge in [-0.15, -0.1) is 11.3 Å². The molecule has 6 nitrogen and oxygen atoms in total. The van der Waals surface area contributed by atoms with E-state index in [-0.39, 0.29) is 18.5 Å². The molecule has 0 bridgehead atoms. The molecule has 140 valence electrons. The molecule has 1 atom stereocenters. The van der Waals surface area contributed by atoms with E-state index in [2.05, 4.69) is 5.32 Å². The minimum Gasteiger partial charge on any atom is -0.348 e. The molecule has 2 heterocycles. The minimum absolute atomic E-state index is 0.0454. The molecule has 1 aliphatic heterocycles. The standard InChI is InChI=1S/C18H23N3O3S2/c1-15(16-6-3-2-4-7-16)19-17(22)14-20-9-11-21(12-10-20)26(23,24)18-8-5-13-25-18/h2-8,13,15H,9-12,14H2,1H3,(H,19,22)/t15-/m0/s1. The van der Waals surface area contributed by atoms with Crippen molar-refractivity contribution in [1.29, 1.82) is 0 Å². The zero-order valence-corrected chi connectivity index (χ0v) is 16.3. The van der Waals surface area contributed by atoms with Gasteiger partial charge in [0.15, 0.2) is 0 Å². The van der Waals surface area contributed by atoms with Crippen LogP contribution in [0, 0.1) is 0 Å². The lowest BCUT2D eigenvalue weighted by molar-refractivity contribution is -0.123. The van der Waals surface area contributed by atoms with E-state index in [1.165, 1.54) is 15.6 Å². The topological polar surface area (TPSA) is 69.7 Å². The zero-order chi connectivity index (χ0) is 18.6. The van der Waals surface area contributed by atoms with Gasteiger partial charge in [-0.1, -0.05) is 36.4 Å². The predicted molar refractivity (Wildman–Crippen MR) is 103 cm³/mol. The predicted octanol–water partition coefficient (Wildman–Crippen LogP) is 1.93. The second-order valence-corrected chi connectivity index (χ2v) is 9.42. The number of rotatable bonds is 6. The fourth-order valence-electron chi connectivity index (χ4n) is 2.98. The third-order valence-electron chi connectivity index (χ3n) is 4.46. The Morgan fingerprint density at radius 2 is 1.81 bits per heavy atom. The highest BCUT2D eigenvalue weighted by atomic mass is 32.2. The van der Waals surface area contributed by atoms with Gasteiger partial charge in [-0.3, -0.25) is 9.69 Å². The summed E-state index contributed by atoms with van der Waals surface area (Å²) in [5, 5.41) is 4.76. The summed E-state index contributed by atoms with van der Waals surface area (Å²) in [4.78, 5) is 14.3. The molecule has 0 radical (unpaired) electrons. The fourth-order valence-corrected chi connectivity index (χ4v) is 5.55. The van der Waals surface area contributed by atoms with E-state index >= 15 is 0 Å². The Morgan fingerprint density at radius 3 is 2.42 bits per heavy atom. The summed E-state index contributed by atoms with van der Waals surface area (Å²) in [6.07, 6.45) is 0. The van der Waals surface area contributed by atoms with Crippen molar-refractivity contribution in [1.82, 2.24) is 14.5 Å². The molecule has 1 saturated heterocycles. The first kappa shape index (κ1) is 19.0. The van der Waals surface area contributed by atoms with Crippen molar-refractivity contribution in [2.24, 2.45) is 0 Å². The first-order chi connectivity index (χ1) is 12.5. The van der Waals surface area contributed by atoms with Crippen LogP contribution in [0.5, 0.6) is 0 Å². The summed E-state index contributed by atoms with van der Waals surface area (Å²) in [5.74, 6) is -0.0454. The molecule has 1 aromatic carbocycles. The summed E-state index contributed by atoms with van der Waals surface area (Å²) in [7, 11) is -3.40. The average molecular weight is 394 g/mol. The highest BCUT2D eigenvalue weighted by Gasteiger charge is 2.29. The van der Waals surface area contributed by atoms with E-state index in [0.717, 1.165) is 5.56 Å². The third kappa shape index (κ3) is 4.50. The quantitative estimate of drug-likeness (QED) is 0.814. The Morgan fingerprint density at radius 1 is 1.12 bits per heavy atom. The smallest absolute Gasteiger partial charge is 0.252 e. The summed E-state index contributed by atoms with van der Waals surface area (Å²) in [6, 6.07) is 13.1. The van der Waals surface area contributed by atoms with Crippen molar-refractivity contribution in [3.63, 3.8) is 0 Å². The fraction of sp³-hybridized carbons (Fsp3) is 0.389. The second kappa shape index (κ2) is 8.30. The number of amides is 1. The Bertz CT molecular complexity index is 815. The number of nitrogens with one attached hydrogen (secondary N) is 1. The van der Waals surface area contributed by atoms with Gasteiger partial charge in [-0.05, 0) is 23.9 Å². The molecule has 1 N–H and O–H groups in total. The van der Waals surface area contributed by atoms with E-state index in [1.807, 2.05) is 42.2 Å². The van der Waals surface area contributed by atoms with Crippen molar-refractivity contribution >= 4 is 27.3 Å². The molecule has 26 heavy (non-hydrogen) atoms. The van der Waals surface area contributed by atoms with Gasteiger partial charge >= 0.3 is 0 Å². The number of carbonyl (C=O) groups excluding carboxylic acids is 1. The van der Waals surface area contributed by atoms with Crippen molar-refractivity contribution in [3.8, 4) is 0 Å². The van der Waals surface area contributed by atoms with Gasteiger partial charge in [0.2, 0.25) is 5.91 Å². The van der Waals surface area contributed by atoms with Crippen molar-refractivity contribution in [3.05, 3.63) is 53.4 Å². The molecule has 0 spiro atoms. The first-order valence-electron chi connectivity index (χ1n) is 8.57. The Kier molecular flexibility index (Phi) is 6.08. The molecule has 1 fully saturated rings. The average Bonchev–Trinajstić information content (AvgIpc) is 3.18. The number of benzene rings is 1. The lowest BCUT2D eigenvalue weighted by Gasteiger charge is -2.33. The van der Waals surface area contributed by atoms with Crippen LogP contribution in [-0.2, 0) is 14.8 Å². The van der Waals surface area contributed by atoms with Crippen molar-refractivity contribution in [2.45, 2.75) is 17.2 Å². The van der Waals surface area contributed by atoms with E-state index in [1.54, 1.807) is 17.5 Å². The maximum absolute atomic E-state index is 12.5. The summed E-state index contributed by atoms with van der Waals surface area (Å²) >= 11 is 1.23. The number of nitrogens with zero attached hydrogens (tertiary/aromatic N) is 2. The number of hydrogen-bond donors (Lipinski definition) is 1. The number of thiophene rings is 1. The van der Waals surface area contributed by atoms with Crippen LogP contribution in [0.25, 0.3) is 0 Å². The molecule has 8 heteroatoms. The van der Waals surface area contributed by atoms with Crippen LogP contribution in [0.15, 0.2) is 52.1 Å². The van der Waals surface area contributed by atoms with E-state index in [4.69, 9.17) is 0 Å². The SMILES string of the molecule is C[C@H](NC(=O)CN1CCN(S(=O)(=O)c2cccs2)CC1)c1ccccc1. The van der Waals surface area contributed by atoms with Crippen LogP contribution >= 0.6 is 11.3 Å². The molecule has 1 aromatic heterocycles. The summed E-state index contributed by atoms with van der Waals surface area (Å²) in [5.41, 5.74) is 1.06. The number of hydrogen-bond acceptors (Lipinski definition) is 5. The Hall–Kier alpha value is -1.74. The van der Waals surface area contributed by atoms with Crippen LogP contribution in [0.1, 0.15) is 18.5 Å². The van der Waals surface area contributed by atoms with Crippen LogP contribution in [0.4, 0.5) is 0 Å². The van der Waals surface area contributed by atoms with E-state index < -0.39 is 10.0 Å². The molecule has 3 rings (SSSR count). The van der Waals surface area contributed by atoms with Crippen LogP contribution < -0.4 is 5.32 Å². The van der Waals surface area contributed by atoms with Gasteiger partial charge in [0.25, 0.3) is 10.0 Å². The van der Waals surface area contributed by atoms with E-state index in [0.29, 0.717) is 30.4 Å². The zero-order valence-electron chi connectivity index (χ0n) is 14.7. The lowest BCUT2D eigenvalue weighted by atomic mass is 10.1. The maximum atomic E-state index is 12.5. The van der Waals surface area contributed by atoms with Gasteiger partial charge in [0.05, 0.1) is 12.6 Å². The third-order valence-corrected chi connectivity index (χ3v) is 7.74. The van der Waals surface area contributed by atoms with Crippen molar-refractivity contribution in [2.75, 3.05) is 32.7 Å². The van der Waals surface area contributed by atoms with Crippen LogP contribution in [0.3, 0.4) is 0 Å². The van der Waals surface area contributed by atoms with Crippen molar-refractivity contribution < 1.29 is 13.2 Å². The maximum Gasteiger partial charge on any atom is 0.252 e. The van der Waals surface area contributed by atoms with Crippen LogP contribution in [0.2, 0.25) is 0 Å². The van der Waals surface area contributed by atoms with Gasteiger partial charge in [-0.2, -0.15) is 4.31 Å². The summed E-state index contributed by atoms with van der Waals surface area (Å²) in [6.45, 7) is 4.15. The lowest BCUT2D eigenvalue weighted by Crippen LogP contribution is -2.51. The number of sulfonamides is 1. The molecular formula is C18H23N3O3S2. The Labute approximate surface area is 158 Å². The minimum atomic E-state index is -3.40. The largest absolute Gasteiger partial charge is 0.348 e. The van der Waals surface area contributed by atoms with Gasteiger partial charge in [0.1, 0.15) is 4.21 Å². The number of piperazine rings is 1. The highest BCUT2D eigenvalue weighted by Crippen LogP contribution is 2.22. The Balaban J connectivity index is 1.49. The van der Waals surface area contributed by atoms with Gasteiger partial charge < -0.3 is 5.32 Å². The monoisotopic (exact) mass is 393 g/mol. The summed E-state index contributed by atoms with van der Waals surface area (Å²) < 4.78 is 26.9. The first-order valence-corrected chi connectivity index (χ1v) is 10.9. The normalized spacial score (nSPS) is 17.7.